The van der Waals surface area contributed by atoms with E-state index in [9.17, 15) is 0 Å². The van der Waals surface area contributed by atoms with E-state index in [0.29, 0.717) is 0 Å². The van der Waals surface area contributed by atoms with E-state index in [0.717, 1.165) is 0 Å². The molecule has 0 aliphatic carbocycles. The van der Waals surface area contributed by atoms with Crippen molar-refractivity contribution in [1.29, 1.82) is 0 Å². The molecule has 0 amide bonds. The van der Waals surface area contributed by atoms with Crippen molar-refractivity contribution >= 4 is 21.7 Å². The van der Waals surface area contributed by atoms with Gasteiger partial charge in [0.05, 0.1) is 0 Å². The highest BCUT2D eigenvalue weighted by Crippen LogP contribution is 2.32. The average Bonchev–Trinajstić information content (AvgIpc) is 2.96. The second kappa shape index (κ2) is 3.99. The zero-order chi connectivity index (χ0) is 12.7. The van der Waals surface area contributed by atoms with Gasteiger partial charge in [-0.25, -0.2) is 0 Å². The Bertz CT molecular complexity index is 857. The fraction of sp³-hybridized carbons (Fsp3) is 0. The van der Waals surface area contributed by atoms with Gasteiger partial charge in [0.15, 0.2) is 0 Å². The summed E-state index contributed by atoms with van der Waals surface area (Å²) < 4.78 is 0. The molecule has 0 aliphatic heterocycles. The topological polar surface area (TPSA) is 15.8 Å². The van der Waals surface area contributed by atoms with Crippen molar-refractivity contribution in [3.8, 4) is 11.1 Å². The lowest BCUT2D eigenvalue weighted by Crippen LogP contribution is -1.81. The number of benzene rings is 3. The van der Waals surface area contributed by atoms with Crippen LogP contribution >= 0.6 is 0 Å². The Kier molecular flexibility index (Phi) is 2.18. The number of fused-ring (bicyclic) bond motifs is 3. The van der Waals surface area contributed by atoms with Crippen LogP contribution in [-0.2, 0) is 0 Å². The zero-order valence-corrected chi connectivity index (χ0v) is 10.4. The monoisotopic (exact) mass is 243 g/mol. The average molecular weight is 243 g/mol. The van der Waals surface area contributed by atoms with Crippen LogP contribution in [0.3, 0.4) is 0 Å². The van der Waals surface area contributed by atoms with Crippen molar-refractivity contribution in [2.75, 3.05) is 0 Å². The molecule has 0 fully saturated rings. The largest absolute Gasteiger partial charge is 0.361 e. The van der Waals surface area contributed by atoms with E-state index >= 15 is 0 Å². The van der Waals surface area contributed by atoms with Gasteiger partial charge in [-0.1, -0.05) is 54.6 Å². The van der Waals surface area contributed by atoms with Crippen molar-refractivity contribution in [3.63, 3.8) is 0 Å². The van der Waals surface area contributed by atoms with E-state index in [4.69, 9.17) is 0 Å². The Balaban J connectivity index is 2.12. The summed E-state index contributed by atoms with van der Waals surface area (Å²) in [7, 11) is 0. The van der Waals surface area contributed by atoms with Gasteiger partial charge in [-0.3, -0.25) is 0 Å². The third-order valence-corrected chi connectivity index (χ3v) is 3.68. The number of nitrogens with one attached hydrogen (secondary N) is 1. The molecular weight excluding hydrogens is 230 g/mol. The molecule has 0 aliphatic rings. The lowest BCUT2D eigenvalue weighted by Gasteiger charge is -2.07. The first kappa shape index (κ1) is 10.4. The number of hydrogen-bond donors (Lipinski definition) is 1. The fourth-order valence-electron chi connectivity index (χ4n) is 2.77. The van der Waals surface area contributed by atoms with Gasteiger partial charge < -0.3 is 4.98 Å². The number of aromatic amines is 1. The van der Waals surface area contributed by atoms with Gasteiger partial charge in [-0.05, 0) is 34.0 Å². The van der Waals surface area contributed by atoms with Crippen molar-refractivity contribution in [2.24, 2.45) is 0 Å². The van der Waals surface area contributed by atoms with Gasteiger partial charge in [0, 0.05) is 17.1 Å². The maximum absolute atomic E-state index is 3.27. The Hall–Kier alpha value is -2.54. The molecule has 1 aromatic heterocycles. The molecule has 1 nitrogen and oxygen atoms in total. The van der Waals surface area contributed by atoms with Crippen LogP contribution in [0.4, 0.5) is 0 Å². The molecule has 0 radical (unpaired) electrons. The van der Waals surface area contributed by atoms with E-state index in [1.54, 1.807) is 0 Å². The molecule has 0 unspecified atom stereocenters. The SMILES string of the molecule is c1ccc(-c2cccc3c2ccc2[nH]ccc23)cc1. The van der Waals surface area contributed by atoms with Crippen molar-refractivity contribution in [1.82, 2.24) is 4.98 Å². The third kappa shape index (κ3) is 1.55. The molecule has 1 N–H and O–H groups in total. The number of hydrogen-bond acceptors (Lipinski definition) is 0. The van der Waals surface area contributed by atoms with Gasteiger partial charge >= 0.3 is 0 Å². The number of rotatable bonds is 1. The van der Waals surface area contributed by atoms with Crippen LogP contribution in [0.25, 0.3) is 32.8 Å². The van der Waals surface area contributed by atoms with Gasteiger partial charge in [-0.2, -0.15) is 0 Å². The van der Waals surface area contributed by atoms with Gasteiger partial charge in [0.1, 0.15) is 0 Å². The van der Waals surface area contributed by atoms with E-state index in [1.807, 2.05) is 6.20 Å². The Morgan fingerprint density at radius 1 is 0.579 bits per heavy atom. The Labute approximate surface area is 111 Å². The Morgan fingerprint density at radius 3 is 2.37 bits per heavy atom. The molecule has 0 spiro atoms. The van der Waals surface area contributed by atoms with E-state index in [1.165, 1.54) is 32.8 Å². The summed E-state index contributed by atoms with van der Waals surface area (Å²) in [6.07, 6.45) is 2.00. The van der Waals surface area contributed by atoms with Crippen molar-refractivity contribution < 1.29 is 0 Å². The molecule has 4 rings (SSSR count). The predicted octanol–water partition coefficient (Wildman–Crippen LogP) is 4.99. The third-order valence-electron chi connectivity index (χ3n) is 3.68. The summed E-state index contributed by atoms with van der Waals surface area (Å²) >= 11 is 0. The van der Waals surface area contributed by atoms with E-state index in [2.05, 4.69) is 71.7 Å². The van der Waals surface area contributed by atoms with Gasteiger partial charge in [0.2, 0.25) is 0 Å². The van der Waals surface area contributed by atoms with E-state index in [-0.39, 0.29) is 0 Å². The maximum Gasteiger partial charge on any atom is 0.0460 e. The lowest BCUT2D eigenvalue weighted by molar-refractivity contribution is 1.48. The molecule has 1 heteroatoms. The predicted molar refractivity (Wildman–Crippen MR) is 81.2 cm³/mol. The van der Waals surface area contributed by atoms with Crippen LogP contribution in [0.15, 0.2) is 72.9 Å². The molecule has 90 valence electrons. The standard InChI is InChI=1S/C18H13N/c1-2-5-13(6-3-1)14-7-4-8-15-16(14)9-10-18-17(15)11-12-19-18/h1-12,19H. The second-order valence-corrected chi connectivity index (χ2v) is 4.77. The first-order chi connectivity index (χ1) is 9.43. The second-order valence-electron chi connectivity index (χ2n) is 4.77. The van der Waals surface area contributed by atoms with Crippen LogP contribution in [0.1, 0.15) is 0 Å². The van der Waals surface area contributed by atoms with Crippen molar-refractivity contribution in [3.05, 3.63) is 72.9 Å². The minimum atomic E-state index is 1.19. The van der Waals surface area contributed by atoms with Gasteiger partial charge in [-0.15, -0.1) is 0 Å². The normalized spacial score (nSPS) is 11.2. The Morgan fingerprint density at radius 2 is 1.47 bits per heavy atom. The fourth-order valence-corrected chi connectivity index (χ4v) is 2.77. The first-order valence-electron chi connectivity index (χ1n) is 6.48. The smallest absolute Gasteiger partial charge is 0.0460 e. The summed E-state index contributed by atoms with van der Waals surface area (Å²) in [4.78, 5) is 3.27. The summed E-state index contributed by atoms with van der Waals surface area (Å²) in [6.45, 7) is 0. The molecule has 1 heterocycles. The van der Waals surface area contributed by atoms with Crippen LogP contribution in [0.5, 0.6) is 0 Å². The summed E-state index contributed by atoms with van der Waals surface area (Å²) in [5.41, 5.74) is 3.75. The zero-order valence-electron chi connectivity index (χ0n) is 10.4. The molecule has 4 aromatic rings. The molecule has 3 aromatic carbocycles. The van der Waals surface area contributed by atoms with Crippen LogP contribution in [-0.4, -0.2) is 4.98 Å². The molecule has 19 heavy (non-hydrogen) atoms. The quantitative estimate of drug-likeness (QED) is 0.485. The number of aromatic nitrogens is 1. The molecule has 0 saturated heterocycles. The molecule has 0 bridgehead atoms. The minimum Gasteiger partial charge on any atom is -0.361 e. The lowest BCUT2D eigenvalue weighted by atomic mass is 9.97. The first-order valence-corrected chi connectivity index (χ1v) is 6.48. The van der Waals surface area contributed by atoms with Crippen LogP contribution in [0.2, 0.25) is 0 Å². The van der Waals surface area contributed by atoms with Crippen LogP contribution < -0.4 is 0 Å². The highest BCUT2D eigenvalue weighted by molar-refractivity contribution is 6.11. The molecule has 0 atom stereocenters. The highest BCUT2D eigenvalue weighted by Gasteiger charge is 2.06. The van der Waals surface area contributed by atoms with Crippen molar-refractivity contribution in [2.45, 2.75) is 0 Å². The highest BCUT2D eigenvalue weighted by atomic mass is 14.7. The molecule has 0 saturated carbocycles. The number of H-pyrrole nitrogens is 1. The summed E-state index contributed by atoms with van der Waals surface area (Å²) in [6, 6.07) is 23.6. The van der Waals surface area contributed by atoms with E-state index < -0.39 is 0 Å². The summed E-state index contributed by atoms with van der Waals surface area (Å²) in [5, 5.41) is 3.90. The summed E-state index contributed by atoms with van der Waals surface area (Å²) in [5.74, 6) is 0. The molecular formula is C18H13N. The van der Waals surface area contributed by atoms with Gasteiger partial charge in [0.25, 0.3) is 0 Å². The van der Waals surface area contributed by atoms with Crippen LogP contribution in [0, 0.1) is 0 Å². The minimum absolute atomic E-state index is 1.19. The maximum atomic E-state index is 3.27.